The average Bonchev–Trinajstić information content (AvgIpc) is 2.87. The van der Waals surface area contributed by atoms with Gasteiger partial charge in [0.2, 0.25) is 0 Å². The molecule has 0 fully saturated rings. The van der Waals surface area contributed by atoms with Crippen LogP contribution in [0.25, 0.3) is 0 Å². The van der Waals surface area contributed by atoms with Gasteiger partial charge in [0.1, 0.15) is 16.8 Å². The van der Waals surface area contributed by atoms with Gasteiger partial charge >= 0.3 is 0 Å². The summed E-state index contributed by atoms with van der Waals surface area (Å²) in [5, 5.41) is 0.507. The summed E-state index contributed by atoms with van der Waals surface area (Å²) in [7, 11) is 0. The van der Waals surface area contributed by atoms with Gasteiger partial charge < -0.3 is 0 Å². The predicted molar refractivity (Wildman–Crippen MR) is 105 cm³/mol. The maximum absolute atomic E-state index is 13.9. The highest BCUT2D eigenvalue weighted by Crippen LogP contribution is 2.23. The molecule has 3 nitrogen and oxygen atoms in total. The van der Waals surface area contributed by atoms with Crippen LogP contribution in [0.4, 0.5) is 4.39 Å². The van der Waals surface area contributed by atoms with Crippen LogP contribution in [0.2, 0.25) is 5.15 Å². The monoisotopic (exact) mass is 381 g/mol. The summed E-state index contributed by atoms with van der Waals surface area (Å²) in [5.41, 5.74) is 3.93. The van der Waals surface area contributed by atoms with Crippen LogP contribution in [0.5, 0.6) is 0 Å². The Bertz CT molecular complexity index is 930. The highest BCUT2D eigenvalue weighted by Gasteiger charge is 2.20. The smallest absolute Gasteiger partial charge is 0.136 e. The molecular formula is C22H21ClFN3. The SMILES string of the molecule is Fc1ccccc1Cc1nc(Cl)c2c(n1)CCN(Cc1ccccc1)CC2. The first-order valence-corrected chi connectivity index (χ1v) is 9.60. The molecule has 4 rings (SSSR count). The maximum Gasteiger partial charge on any atom is 0.136 e. The predicted octanol–water partition coefficient (Wildman–Crippen LogP) is 4.46. The maximum atomic E-state index is 13.9. The van der Waals surface area contributed by atoms with E-state index in [0.29, 0.717) is 23.0 Å². The zero-order chi connectivity index (χ0) is 18.6. The molecule has 0 amide bonds. The number of nitrogens with zero attached hydrogens (tertiary/aromatic N) is 3. The van der Waals surface area contributed by atoms with E-state index in [-0.39, 0.29) is 5.82 Å². The first-order valence-electron chi connectivity index (χ1n) is 9.23. The van der Waals surface area contributed by atoms with Gasteiger partial charge in [-0.25, -0.2) is 14.4 Å². The van der Waals surface area contributed by atoms with E-state index in [4.69, 9.17) is 16.6 Å². The number of halogens is 2. The molecule has 2 aromatic carbocycles. The molecule has 138 valence electrons. The highest BCUT2D eigenvalue weighted by atomic mass is 35.5. The van der Waals surface area contributed by atoms with Crippen molar-refractivity contribution in [3.05, 3.63) is 93.8 Å². The minimum absolute atomic E-state index is 0.235. The molecule has 0 atom stereocenters. The first kappa shape index (κ1) is 18.1. The summed E-state index contributed by atoms with van der Waals surface area (Å²) in [6.07, 6.45) is 2.02. The van der Waals surface area contributed by atoms with Gasteiger partial charge in [0.15, 0.2) is 0 Å². The molecule has 0 radical (unpaired) electrons. The zero-order valence-corrected chi connectivity index (χ0v) is 15.8. The van der Waals surface area contributed by atoms with Crippen molar-refractivity contribution in [3.8, 4) is 0 Å². The molecule has 0 spiro atoms. The molecule has 0 saturated carbocycles. The van der Waals surface area contributed by atoms with Crippen LogP contribution in [0.1, 0.15) is 28.2 Å². The Hall–Kier alpha value is -2.30. The Labute approximate surface area is 163 Å². The van der Waals surface area contributed by atoms with E-state index >= 15 is 0 Å². The second kappa shape index (κ2) is 8.15. The van der Waals surface area contributed by atoms with Crippen molar-refractivity contribution in [1.82, 2.24) is 14.9 Å². The number of benzene rings is 2. The normalized spacial score (nSPS) is 14.6. The topological polar surface area (TPSA) is 29.0 Å². The molecule has 27 heavy (non-hydrogen) atoms. The van der Waals surface area contributed by atoms with E-state index in [1.807, 2.05) is 12.1 Å². The molecular weight excluding hydrogens is 361 g/mol. The van der Waals surface area contributed by atoms with Gasteiger partial charge in [-0.05, 0) is 23.6 Å². The molecule has 1 aliphatic rings. The lowest BCUT2D eigenvalue weighted by Gasteiger charge is -2.19. The summed E-state index contributed by atoms with van der Waals surface area (Å²) in [4.78, 5) is 11.6. The molecule has 3 aromatic rings. The van der Waals surface area contributed by atoms with E-state index in [2.05, 4.69) is 34.1 Å². The van der Waals surface area contributed by atoms with E-state index in [1.165, 1.54) is 11.6 Å². The Morgan fingerprint density at radius 3 is 2.48 bits per heavy atom. The third-order valence-electron chi connectivity index (χ3n) is 4.99. The zero-order valence-electron chi connectivity index (χ0n) is 15.0. The Morgan fingerprint density at radius 1 is 0.926 bits per heavy atom. The molecule has 0 N–H and O–H groups in total. The molecule has 5 heteroatoms. The van der Waals surface area contributed by atoms with E-state index < -0.39 is 0 Å². The Morgan fingerprint density at radius 2 is 1.67 bits per heavy atom. The quantitative estimate of drug-likeness (QED) is 0.625. The number of rotatable bonds is 4. The molecule has 1 aliphatic heterocycles. The molecule has 0 aliphatic carbocycles. The van der Waals surface area contributed by atoms with E-state index in [1.54, 1.807) is 12.1 Å². The van der Waals surface area contributed by atoms with Crippen molar-refractivity contribution < 1.29 is 4.39 Å². The van der Waals surface area contributed by atoms with Crippen molar-refractivity contribution in [2.45, 2.75) is 25.8 Å². The van der Waals surface area contributed by atoms with Crippen LogP contribution in [0.3, 0.4) is 0 Å². The minimum atomic E-state index is -0.235. The van der Waals surface area contributed by atoms with Crippen molar-refractivity contribution >= 4 is 11.6 Å². The van der Waals surface area contributed by atoms with Crippen molar-refractivity contribution in [1.29, 1.82) is 0 Å². The summed E-state index contributed by atoms with van der Waals surface area (Å²) in [6, 6.07) is 17.2. The lowest BCUT2D eigenvalue weighted by atomic mass is 10.1. The first-order chi connectivity index (χ1) is 13.2. The number of aromatic nitrogens is 2. The lowest BCUT2D eigenvalue weighted by molar-refractivity contribution is 0.279. The van der Waals surface area contributed by atoms with E-state index in [9.17, 15) is 4.39 Å². The van der Waals surface area contributed by atoms with Crippen LogP contribution in [-0.4, -0.2) is 28.0 Å². The standard InChI is InChI=1S/C22H21ClFN3/c23-22-18-10-12-27(15-16-6-2-1-3-7-16)13-11-20(18)25-21(26-22)14-17-8-4-5-9-19(17)24/h1-9H,10-15H2. The fourth-order valence-corrected chi connectivity index (χ4v) is 3.84. The average molecular weight is 382 g/mol. The number of hydrogen-bond acceptors (Lipinski definition) is 3. The third-order valence-corrected chi connectivity index (χ3v) is 5.30. The van der Waals surface area contributed by atoms with Gasteiger partial charge in [-0.2, -0.15) is 0 Å². The molecule has 1 aromatic heterocycles. The molecule has 0 saturated heterocycles. The second-order valence-electron chi connectivity index (χ2n) is 6.89. The van der Waals surface area contributed by atoms with Gasteiger partial charge in [-0.15, -0.1) is 0 Å². The fourth-order valence-electron chi connectivity index (χ4n) is 3.54. The molecule has 2 heterocycles. The minimum Gasteiger partial charge on any atom is -0.298 e. The summed E-state index contributed by atoms with van der Waals surface area (Å²) in [5.74, 6) is 0.349. The van der Waals surface area contributed by atoms with Gasteiger partial charge in [-0.1, -0.05) is 60.1 Å². The van der Waals surface area contributed by atoms with Crippen LogP contribution < -0.4 is 0 Å². The number of fused-ring (bicyclic) bond motifs is 1. The van der Waals surface area contributed by atoms with Gasteiger partial charge in [0.05, 0.1) is 5.69 Å². The van der Waals surface area contributed by atoms with Crippen LogP contribution in [0.15, 0.2) is 54.6 Å². The fraction of sp³-hybridized carbons (Fsp3) is 0.273. The van der Waals surface area contributed by atoms with Gasteiger partial charge in [0, 0.05) is 38.0 Å². The van der Waals surface area contributed by atoms with Crippen molar-refractivity contribution in [2.75, 3.05) is 13.1 Å². The largest absolute Gasteiger partial charge is 0.298 e. The molecule has 0 unspecified atom stereocenters. The van der Waals surface area contributed by atoms with Crippen LogP contribution in [0, 0.1) is 5.82 Å². The molecule has 0 bridgehead atoms. The van der Waals surface area contributed by atoms with Gasteiger partial charge in [0.25, 0.3) is 0 Å². The Kier molecular flexibility index (Phi) is 5.46. The summed E-state index contributed by atoms with van der Waals surface area (Å²) in [6.45, 7) is 2.77. The van der Waals surface area contributed by atoms with Crippen LogP contribution in [-0.2, 0) is 25.8 Å². The highest BCUT2D eigenvalue weighted by molar-refractivity contribution is 6.30. The van der Waals surface area contributed by atoms with Crippen molar-refractivity contribution in [2.24, 2.45) is 0 Å². The summed E-state index contributed by atoms with van der Waals surface area (Å²) >= 11 is 6.47. The van der Waals surface area contributed by atoms with E-state index in [0.717, 1.165) is 43.7 Å². The second-order valence-corrected chi connectivity index (χ2v) is 7.24. The van der Waals surface area contributed by atoms with Crippen molar-refractivity contribution in [3.63, 3.8) is 0 Å². The summed E-state index contributed by atoms with van der Waals surface area (Å²) < 4.78 is 13.9. The third kappa shape index (κ3) is 4.34. The lowest BCUT2D eigenvalue weighted by Crippen LogP contribution is -2.25. The number of hydrogen-bond donors (Lipinski definition) is 0. The van der Waals surface area contributed by atoms with Crippen LogP contribution >= 0.6 is 11.6 Å². The van der Waals surface area contributed by atoms with Gasteiger partial charge in [-0.3, -0.25) is 4.90 Å². The Balaban J connectivity index is 1.51.